The van der Waals surface area contributed by atoms with Gasteiger partial charge >= 0.3 is 11.9 Å². The van der Waals surface area contributed by atoms with Crippen molar-refractivity contribution < 1.29 is 42.8 Å². The minimum atomic E-state index is -1.23. The molecule has 0 aliphatic rings. The fraction of sp³-hybridized carbons (Fsp3) is 0.711. The molecular formula is C38H59N3O9S2. The van der Waals surface area contributed by atoms with Crippen molar-refractivity contribution >= 4 is 41.4 Å². The van der Waals surface area contributed by atoms with Gasteiger partial charge in [0.15, 0.2) is 0 Å². The molecule has 0 radical (unpaired) electrons. The van der Waals surface area contributed by atoms with Crippen molar-refractivity contribution in [2.24, 2.45) is 0 Å². The number of hydrogen-bond donors (Lipinski definition) is 3. The summed E-state index contributed by atoms with van der Waals surface area (Å²) in [4.78, 5) is 39.1. The number of ether oxygens (including phenoxy) is 6. The first-order valence-electron chi connectivity index (χ1n) is 17.3. The SMILES string of the molecule is C#CCOCC(COCC#C)NCC(=O)OCC(C)(COC(=O)CNC(C)(COCC#C)COCC#C)NC(=O)CCC(CSCCC)SCCC. The molecule has 0 aromatic carbocycles. The van der Waals surface area contributed by atoms with E-state index in [0.717, 1.165) is 30.1 Å². The molecule has 0 aromatic rings. The Kier molecular flexibility index (Phi) is 29.9. The molecule has 2 unspecified atom stereocenters. The summed E-state index contributed by atoms with van der Waals surface area (Å²) in [6.07, 6.45) is 24.2. The van der Waals surface area contributed by atoms with Crippen LogP contribution in [0.4, 0.5) is 0 Å². The van der Waals surface area contributed by atoms with Gasteiger partial charge in [-0.2, -0.15) is 23.5 Å². The summed E-state index contributed by atoms with van der Waals surface area (Å²) in [6, 6.07) is -0.387. The third kappa shape index (κ3) is 26.8. The van der Waals surface area contributed by atoms with Crippen LogP contribution in [0.1, 0.15) is 53.4 Å². The van der Waals surface area contributed by atoms with Crippen LogP contribution in [0.3, 0.4) is 0 Å². The van der Waals surface area contributed by atoms with E-state index in [9.17, 15) is 14.4 Å². The summed E-state index contributed by atoms with van der Waals surface area (Å²) in [5.74, 6) is 11.1. The number of terminal acetylenes is 4. The Hall–Kier alpha value is -2.89. The molecule has 52 heavy (non-hydrogen) atoms. The Bertz CT molecular complexity index is 1140. The average molecular weight is 766 g/mol. The second-order valence-electron chi connectivity index (χ2n) is 12.4. The van der Waals surface area contributed by atoms with E-state index in [2.05, 4.69) is 53.5 Å². The smallest absolute Gasteiger partial charge is 0.320 e. The minimum absolute atomic E-state index is 0.0819. The lowest BCUT2D eigenvalue weighted by molar-refractivity contribution is -0.151. The molecular weight excluding hydrogens is 707 g/mol. The molecule has 0 heterocycles. The van der Waals surface area contributed by atoms with Gasteiger partial charge in [-0.15, -0.1) is 25.7 Å². The topological polar surface area (TPSA) is 143 Å². The monoisotopic (exact) mass is 765 g/mol. The summed E-state index contributed by atoms with van der Waals surface area (Å²) >= 11 is 3.76. The lowest BCUT2D eigenvalue weighted by Crippen LogP contribution is -2.55. The Labute approximate surface area is 320 Å². The zero-order chi connectivity index (χ0) is 38.9. The van der Waals surface area contributed by atoms with Gasteiger partial charge in [-0.1, -0.05) is 37.5 Å². The Morgan fingerprint density at radius 1 is 0.712 bits per heavy atom. The number of esters is 2. The Morgan fingerprint density at radius 2 is 1.23 bits per heavy atom. The average Bonchev–Trinajstić information content (AvgIpc) is 3.12. The van der Waals surface area contributed by atoms with E-state index in [4.69, 9.17) is 54.1 Å². The van der Waals surface area contributed by atoms with Crippen molar-refractivity contribution in [3.63, 3.8) is 0 Å². The molecule has 0 fully saturated rings. The van der Waals surface area contributed by atoms with Gasteiger partial charge in [0, 0.05) is 17.4 Å². The van der Waals surface area contributed by atoms with Gasteiger partial charge in [0.2, 0.25) is 5.91 Å². The summed E-state index contributed by atoms with van der Waals surface area (Å²) in [6.45, 7) is 7.82. The highest BCUT2D eigenvalue weighted by molar-refractivity contribution is 8.03. The third-order valence-electron chi connectivity index (χ3n) is 6.86. The van der Waals surface area contributed by atoms with Crippen LogP contribution in [0.5, 0.6) is 0 Å². The Morgan fingerprint density at radius 3 is 1.75 bits per heavy atom. The first kappa shape index (κ1) is 49.1. The van der Waals surface area contributed by atoms with Crippen LogP contribution in [-0.4, -0.2) is 137 Å². The largest absolute Gasteiger partial charge is 0.462 e. The van der Waals surface area contributed by atoms with E-state index in [-0.39, 0.29) is 97.5 Å². The number of rotatable bonds is 33. The highest BCUT2D eigenvalue weighted by Crippen LogP contribution is 2.22. The quantitative estimate of drug-likeness (QED) is 0.0512. The van der Waals surface area contributed by atoms with Crippen LogP contribution in [0.25, 0.3) is 0 Å². The molecule has 3 N–H and O–H groups in total. The molecule has 0 aliphatic carbocycles. The number of carbonyl (C=O) groups is 3. The molecule has 0 bridgehead atoms. The summed E-state index contributed by atoms with van der Waals surface area (Å²) in [7, 11) is 0. The van der Waals surface area contributed by atoms with Gasteiger partial charge in [-0.25, -0.2) is 0 Å². The maximum absolute atomic E-state index is 13.3. The van der Waals surface area contributed by atoms with Crippen molar-refractivity contribution in [3.05, 3.63) is 0 Å². The summed E-state index contributed by atoms with van der Waals surface area (Å²) in [5.41, 5.74) is -2.03. The maximum Gasteiger partial charge on any atom is 0.320 e. The number of hydrogen-bond acceptors (Lipinski definition) is 13. The van der Waals surface area contributed by atoms with Crippen molar-refractivity contribution in [2.45, 2.75) is 75.7 Å². The number of carbonyl (C=O) groups excluding carboxylic acids is 3. The van der Waals surface area contributed by atoms with Gasteiger partial charge in [0.25, 0.3) is 0 Å². The van der Waals surface area contributed by atoms with E-state index >= 15 is 0 Å². The third-order valence-corrected chi connectivity index (χ3v) is 9.93. The molecule has 292 valence electrons. The van der Waals surface area contributed by atoms with Crippen molar-refractivity contribution in [1.82, 2.24) is 16.0 Å². The van der Waals surface area contributed by atoms with Gasteiger partial charge in [-0.05, 0) is 44.6 Å². The van der Waals surface area contributed by atoms with Gasteiger partial charge in [0.05, 0.1) is 51.1 Å². The van der Waals surface area contributed by atoms with Crippen LogP contribution < -0.4 is 16.0 Å². The van der Waals surface area contributed by atoms with Gasteiger partial charge in [-0.3, -0.25) is 25.0 Å². The lowest BCUT2D eigenvalue weighted by atomic mass is 10.0. The molecule has 1 amide bonds. The van der Waals surface area contributed by atoms with Crippen LogP contribution in [0.15, 0.2) is 0 Å². The van der Waals surface area contributed by atoms with E-state index in [1.807, 2.05) is 23.5 Å². The zero-order valence-electron chi connectivity index (χ0n) is 31.4. The standard InChI is InChI=1S/C38H59N3O9S2/c1-9-17-45-25-32(26-46-18-10-2)39-23-35(43)49-30-38(8,41-34(42)16-15-33(52-22-14-6)27-51-21-13-5)31-50-36(44)24-40-37(7,28-47-19-11-3)29-48-20-12-4/h1-4,32-33,39-40H,13-31H2,5-8H3,(H,41,42). The van der Waals surface area contributed by atoms with E-state index in [1.165, 1.54) is 0 Å². The molecule has 0 spiro atoms. The number of nitrogens with one attached hydrogen (secondary N) is 3. The van der Waals surface area contributed by atoms with E-state index in [0.29, 0.717) is 11.7 Å². The molecule has 12 nitrogen and oxygen atoms in total. The van der Waals surface area contributed by atoms with E-state index < -0.39 is 23.0 Å². The van der Waals surface area contributed by atoms with E-state index in [1.54, 1.807) is 13.8 Å². The molecule has 0 aliphatic heterocycles. The maximum atomic E-state index is 13.3. The molecule has 2 atom stereocenters. The molecule has 0 rings (SSSR count). The molecule has 0 aromatic heterocycles. The first-order valence-corrected chi connectivity index (χ1v) is 19.5. The van der Waals surface area contributed by atoms with Crippen LogP contribution >= 0.6 is 23.5 Å². The second kappa shape index (κ2) is 31.6. The number of amides is 1. The fourth-order valence-electron chi connectivity index (χ4n) is 4.26. The van der Waals surface area contributed by atoms with Crippen LogP contribution in [0.2, 0.25) is 0 Å². The van der Waals surface area contributed by atoms with Crippen molar-refractivity contribution in [1.29, 1.82) is 0 Å². The van der Waals surface area contributed by atoms with Gasteiger partial charge < -0.3 is 33.7 Å². The predicted octanol–water partition coefficient (Wildman–Crippen LogP) is 2.29. The van der Waals surface area contributed by atoms with Crippen molar-refractivity contribution in [3.8, 4) is 49.4 Å². The Balaban J connectivity index is 5.58. The first-order chi connectivity index (χ1) is 25.0. The molecule has 14 heteroatoms. The normalized spacial score (nSPS) is 12.8. The number of thioether (sulfide) groups is 2. The predicted molar refractivity (Wildman–Crippen MR) is 209 cm³/mol. The summed E-state index contributed by atoms with van der Waals surface area (Å²) < 4.78 is 32.9. The minimum Gasteiger partial charge on any atom is -0.462 e. The fourth-order valence-corrected chi connectivity index (χ4v) is 6.67. The van der Waals surface area contributed by atoms with Gasteiger partial charge in [0.1, 0.15) is 45.2 Å². The van der Waals surface area contributed by atoms with Crippen LogP contribution in [-0.2, 0) is 42.8 Å². The second-order valence-corrected chi connectivity index (χ2v) is 14.9. The van der Waals surface area contributed by atoms with Crippen molar-refractivity contribution in [2.75, 3.05) is 96.4 Å². The van der Waals surface area contributed by atoms with Crippen LogP contribution in [0, 0.1) is 49.4 Å². The lowest BCUT2D eigenvalue weighted by Gasteiger charge is -2.31. The zero-order valence-corrected chi connectivity index (χ0v) is 33.0. The highest BCUT2D eigenvalue weighted by Gasteiger charge is 2.32. The summed E-state index contributed by atoms with van der Waals surface area (Å²) in [5, 5.41) is 9.38. The molecule has 0 saturated heterocycles. The highest BCUT2D eigenvalue weighted by atomic mass is 32.2. The molecule has 0 saturated carbocycles.